The molecule has 0 radical (unpaired) electrons. The Kier molecular flexibility index (Phi) is 4.08. The van der Waals surface area contributed by atoms with Crippen LogP contribution >= 0.6 is 23.4 Å². The first-order valence-electron chi connectivity index (χ1n) is 6.71. The van der Waals surface area contributed by atoms with Crippen molar-refractivity contribution in [2.24, 2.45) is 0 Å². The van der Waals surface area contributed by atoms with Crippen LogP contribution in [0.4, 0.5) is 11.4 Å². The molecule has 5 heteroatoms. The minimum Gasteiger partial charge on any atom is -0.399 e. The van der Waals surface area contributed by atoms with Crippen LogP contribution in [0.1, 0.15) is 5.56 Å². The van der Waals surface area contributed by atoms with Gasteiger partial charge in [0.15, 0.2) is 0 Å². The summed E-state index contributed by atoms with van der Waals surface area (Å²) in [6.45, 7) is 0.758. The smallest absolute Gasteiger partial charge is 0.237 e. The number of halogens is 1. The number of amides is 1. The maximum atomic E-state index is 12.4. The molecule has 0 atom stereocenters. The van der Waals surface area contributed by atoms with Crippen LogP contribution in [0, 0.1) is 0 Å². The number of anilines is 2. The average Bonchev–Trinajstić information content (AvgIpc) is 2.90. The molecule has 1 aliphatic rings. The highest BCUT2D eigenvalue weighted by Gasteiger charge is 2.23. The molecule has 2 aromatic carbocycles. The molecule has 0 saturated carbocycles. The van der Waals surface area contributed by atoms with Crippen molar-refractivity contribution in [3.63, 3.8) is 0 Å². The molecule has 0 unspecified atom stereocenters. The second-order valence-electron chi connectivity index (χ2n) is 4.90. The third kappa shape index (κ3) is 3.01. The number of thioether (sulfide) groups is 1. The van der Waals surface area contributed by atoms with Crippen LogP contribution in [-0.2, 0) is 11.2 Å². The molecule has 1 aliphatic heterocycles. The van der Waals surface area contributed by atoms with E-state index in [4.69, 9.17) is 17.3 Å². The van der Waals surface area contributed by atoms with Gasteiger partial charge in [-0.3, -0.25) is 4.79 Å². The van der Waals surface area contributed by atoms with Gasteiger partial charge in [-0.05, 0) is 36.2 Å². The number of para-hydroxylation sites is 1. The number of nitrogens with zero attached hydrogens (tertiary/aromatic N) is 1. The van der Waals surface area contributed by atoms with Crippen molar-refractivity contribution in [1.82, 2.24) is 0 Å². The lowest BCUT2D eigenvalue weighted by molar-refractivity contribution is -0.116. The van der Waals surface area contributed by atoms with Crippen LogP contribution in [0.2, 0.25) is 5.02 Å². The molecule has 0 spiro atoms. The van der Waals surface area contributed by atoms with Crippen LogP contribution < -0.4 is 10.6 Å². The van der Waals surface area contributed by atoms with E-state index in [-0.39, 0.29) is 5.91 Å². The van der Waals surface area contributed by atoms with E-state index in [1.807, 2.05) is 29.2 Å². The van der Waals surface area contributed by atoms with E-state index in [9.17, 15) is 4.79 Å². The summed E-state index contributed by atoms with van der Waals surface area (Å²) in [5.74, 6) is 0.482. The molecule has 2 N–H and O–H groups in total. The summed E-state index contributed by atoms with van der Waals surface area (Å²) in [7, 11) is 0. The maximum Gasteiger partial charge on any atom is 0.237 e. The summed E-state index contributed by atoms with van der Waals surface area (Å²) >= 11 is 7.57. The molecule has 0 saturated heterocycles. The Bertz CT molecular complexity index is 690. The first-order valence-corrected chi connectivity index (χ1v) is 8.07. The number of nitrogen functional groups attached to an aromatic ring is 1. The van der Waals surface area contributed by atoms with Gasteiger partial charge in [-0.15, -0.1) is 11.8 Å². The predicted molar refractivity (Wildman–Crippen MR) is 89.1 cm³/mol. The fourth-order valence-electron chi connectivity index (χ4n) is 2.45. The first-order chi connectivity index (χ1) is 10.1. The zero-order valence-corrected chi connectivity index (χ0v) is 13.0. The largest absolute Gasteiger partial charge is 0.399 e. The summed E-state index contributed by atoms with van der Waals surface area (Å²) in [6, 6.07) is 13.4. The van der Waals surface area contributed by atoms with Crippen molar-refractivity contribution >= 4 is 40.6 Å². The second-order valence-corrected chi connectivity index (χ2v) is 6.33. The van der Waals surface area contributed by atoms with Gasteiger partial charge in [0.2, 0.25) is 5.91 Å². The molecule has 0 bridgehead atoms. The number of carbonyl (C=O) groups is 1. The molecule has 1 heterocycles. The topological polar surface area (TPSA) is 46.3 Å². The Morgan fingerprint density at radius 3 is 2.90 bits per heavy atom. The van der Waals surface area contributed by atoms with E-state index in [1.54, 1.807) is 12.1 Å². The molecule has 3 nitrogen and oxygen atoms in total. The monoisotopic (exact) mass is 318 g/mol. The highest BCUT2D eigenvalue weighted by molar-refractivity contribution is 8.00. The van der Waals surface area contributed by atoms with E-state index >= 15 is 0 Å². The van der Waals surface area contributed by atoms with E-state index in [1.165, 1.54) is 17.3 Å². The summed E-state index contributed by atoms with van der Waals surface area (Å²) < 4.78 is 0. The summed E-state index contributed by atoms with van der Waals surface area (Å²) in [5.41, 5.74) is 8.57. The van der Waals surface area contributed by atoms with Crippen LogP contribution in [0.3, 0.4) is 0 Å². The molecule has 3 rings (SSSR count). The predicted octanol–water partition coefficient (Wildman–Crippen LogP) is 3.60. The van der Waals surface area contributed by atoms with Gasteiger partial charge in [-0.25, -0.2) is 0 Å². The molecule has 0 aliphatic carbocycles. The Morgan fingerprint density at radius 2 is 2.10 bits per heavy atom. The molecular weight excluding hydrogens is 304 g/mol. The highest BCUT2D eigenvalue weighted by atomic mass is 35.5. The van der Waals surface area contributed by atoms with E-state index in [2.05, 4.69) is 6.07 Å². The molecule has 0 fully saturated rings. The van der Waals surface area contributed by atoms with Gasteiger partial charge in [0.1, 0.15) is 0 Å². The number of benzene rings is 2. The molecule has 21 heavy (non-hydrogen) atoms. The minimum atomic E-state index is 0.109. The lowest BCUT2D eigenvalue weighted by Gasteiger charge is -2.17. The van der Waals surface area contributed by atoms with Crippen molar-refractivity contribution < 1.29 is 4.79 Å². The van der Waals surface area contributed by atoms with E-state index < -0.39 is 0 Å². The van der Waals surface area contributed by atoms with Crippen LogP contribution in [0.25, 0.3) is 0 Å². The number of fused-ring (bicyclic) bond motifs is 1. The summed E-state index contributed by atoms with van der Waals surface area (Å²) in [4.78, 5) is 15.1. The number of carbonyl (C=O) groups excluding carboxylic acids is 1. The Labute approximate surface area is 133 Å². The third-order valence-corrected chi connectivity index (χ3v) is 4.98. The zero-order chi connectivity index (χ0) is 14.8. The molecular formula is C16H15ClN2OS. The van der Waals surface area contributed by atoms with Gasteiger partial charge in [0.25, 0.3) is 0 Å². The summed E-state index contributed by atoms with van der Waals surface area (Å²) in [5, 5.41) is 0.592. The van der Waals surface area contributed by atoms with Gasteiger partial charge in [-0.1, -0.05) is 29.8 Å². The van der Waals surface area contributed by atoms with Crippen molar-refractivity contribution in [2.45, 2.75) is 11.3 Å². The van der Waals surface area contributed by atoms with Crippen molar-refractivity contribution in [3.05, 3.63) is 53.1 Å². The van der Waals surface area contributed by atoms with Gasteiger partial charge in [0, 0.05) is 22.8 Å². The number of hydrogen-bond donors (Lipinski definition) is 1. The Morgan fingerprint density at radius 1 is 1.29 bits per heavy atom. The molecule has 1 amide bonds. The molecule has 0 aromatic heterocycles. The number of rotatable bonds is 3. The number of nitrogens with two attached hydrogens (primary N) is 1. The fourth-order valence-corrected chi connectivity index (χ4v) is 3.60. The SMILES string of the molecule is Nc1ccc(SCC(=O)N2CCc3ccccc32)c(Cl)c1. The second kappa shape index (κ2) is 6.00. The van der Waals surface area contributed by atoms with Crippen LogP contribution in [-0.4, -0.2) is 18.2 Å². The lowest BCUT2D eigenvalue weighted by Crippen LogP contribution is -2.30. The van der Waals surface area contributed by atoms with Gasteiger partial charge < -0.3 is 10.6 Å². The van der Waals surface area contributed by atoms with Crippen molar-refractivity contribution in [1.29, 1.82) is 0 Å². The Hall–Kier alpha value is -1.65. The van der Waals surface area contributed by atoms with Crippen LogP contribution in [0.15, 0.2) is 47.4 Å². The zero-order valence-electron chi connectivity index (χ0n) is 11.4. The molecule has 2 aromatic rings. The van der Waals surface area contributed by atoms with Gasteiger partial charge >= 0.3 is 0 Å². The van der Waals surface area contributed by atoms with Crippen molar-refractivity contribution in [3.8, 4) is 0 Å². The third-order valence-electron chi connectivity index (χ3n) is 3.50. The number of hydrogen-bond acceptors (Lipinski definition) is 3. The van der Waals surface area contributed by atoms with Crippen molar-refractivity contribution in [2.75, 3.05) is 22.9 Å². The lowest BCUT2D eigenvalue weighted by atomic mass is 10.2. The normalized spacial score (nSPS) is 13.3. The quantitative estimate of drug-likeness (QED) is 0.694. The highest BCUT2D eigenvalue weighted by Crippen LogP contribution is 2.31. The summed E-state index contributed by atoms with van der Waals surface area (Å²) in [6.07, 6.45) is 0.926. The average molecular weight is 319 g/mol. The van der Waals surface area contributed by atoms with Gasteiger partial charge in [-0.2, -0.15) is 0 Å². The molecule has 108 valence electrons. The fraction of sp³-hybridized carbons (Fsp3) is 0.188. The van der Waals surface area contributed by atoms with Crippen LogP contribution in [0.5, 0.6) is 0 Å². The maximum absolute atomic E-state index is 12.4. The van der Waals surface area contributed by atoms with E-state index in [0.29, 0.717) is 16.5 Å². The van der Waals surface area contributed by atoms with Gasteiger partial charge in [0.05, 0.1) is 10.8 Å². The van der Waals surface area contributed by atoms with E-state index in [0.717, 1.165) is 23.5 Å². The Balaban J connectivity index is 1.68. The standard InChI is InChI=1S/C16H15ClN2OS/c17-13-9-12(18)5-6-15(13)21-10-16(20)19-8-7-11-3-1-2-4-14(11)19/h1-6,9H,7-8,10,18H2. The minimum absolute atomic E-state index is 0.109. The first kappa shape index (κ1) is 14.3.